The first-order chi connectivity index (χ1) is 8.49. The molecule has 0 unspecified atom stereocenters. The second-order valence-corrected chi connectivity index (χ2v) is 6.39. The number of anilines is 1. The van der Waals surface area contributed by atoms with Crippen molar-refractivity contribution < 1.29 is 13.2 Å². The van der Waals surface area contributed by atoms with Crippen LogP contribution in [0.15, 0.2) is 27.6 Å². The Morgan fingerprint density at radius 3 is 2.61 bits per heavy atom. The van der Waals surface area contributed by atoms with Crippen LogP contribution in [0.5, 0.6) is 0 Å². The van der Waals surface area contributed by atoms with Crippen molar-refractivity contribution in [3.63, 3.8) is 0 Å². The van der Waals surface area contributed by atoms with Gasteiger partial charge in [-0.1, -0.05) is 0 Å². The lowest BCUT2D eigenvalue weighted by molar-refractivity contribution is 0.0272. The van der Waals surface area contributed by atoms with E-state index < -0.39 is 10.0 Å². The molecule has 2 rings (SSSR count). The lowest BCUT2D eigenvalue weighted by Gasteiger charge is -2.26. The van der Waals surface area contributed by atoms with Gasteiger partial charge in [-0.2, -0.15) is 0 Å². The molecule has 0 radical (unpaired) electrons. The highest BCUT2D eigenvalue weighted by Gasteiger charge is 2.20. The smallest absolute Gasteiger partial charge is 0.253 e. The van der Waals surface area contributed by atoms with Crippen LogP contribution < -0.4 is 10.6 Å². The van der Waals surface area contributed by atoms with Crippen molar-refractivity contribution >= 4 is 31.6 Å². The Labute approximate surface area is 114 Å². The third-order valence-electron chi connectivity index (χ3n) is 2.54. The van der Waals surface area contributed by atoms with E-state index in [0.717, 1.165) is 0 Å². The maximum absolute atomic E-state index is 12.1. The summed E-state index contributed by atoms with van der Waals surface area (Å²) in [7, 11) is -3.56. The summed E-state index contributed by atoms with van der Waals surface area (Å²) in [6.45, 7) is 2.12. The number of halogens is 1. The quantitative estimate of drug-likeness (QED) is 0.788. The van der Waals surface area contributed by atoms with E-state index in [-0.39, 0.29) is 4.90 Å². The predicted octanol–water partition coefficient (Wildman–Crippen LogP) is 0.557. The molecule has 1 saturated heterocycles. The van der Waals surface area contributed by atoms with Crippen molar-refractivity contribution in [2.45, 2.75) is 4.90 Å². The average Bonchev–Trinajstić information content (AvgIpc) is 2.33. The number of sulfonamides is 1. The lowest BCUT2D eigenvalue weighted by atomic mass is 10.3. The molecular weight excluding hydrogens is 322 g/mol. The standard InChI is InChI=1S/C10H14BrN3O3S/c11-9-7-8(1-2-10(9)12)18(15,16)13-14-3-5-17-6-4-14/h1-2,7,13H,3-6,12H2. The number of benzene rings is 1. The van der Waals surface area contributed by atoms with Gasteiger partial charge in [-0.05, 0) is 34.1 Å². The number of hydrazine groups is 1. The van der Waals surface area contributed by atoms with Crippen LogP contribution in [-0.2, 0) is 14.8 Å². The topological polar surface area (TPSA) is 84.7 Å². The van der Waals surface area contributed by atoms with Crippen LogP contribution in [0.1, 0.15) is 0 Å². The number of nitrogens with zero attached hydrogens (tertiary/aromatic N) is 1. The summed E-state index contributed by atoms with van der Waals surface area (Å²) < 4.78 is 29.9. The molecule has 0 amide bonds. The zero-order chi connectivity index (χ0) is 13.2. The molecule has 0 atom stereocenters. The van der Waals surface area contributed by atoms with E-state index in [9.17, 15) is 8.42 Å². The number of hydrogen-bond acceptors (Lipinski definition) is 5. The van der Waals surface area contributed by atoms with Gasteiger partial charge in [0.05, 0.1) is 18.1 Å². The summed E-state index contributed by atoms with van der Waals surface area (Å²) in [4.78, 5) is 2.70. The van der Waals surface area contributed by atoms with Crippen LogP contribution in [0, 0.1) is 0 Å². The molecule has 1 fully saturated rings. The number of rotatable bonds is 3. The molecule has 1 aliphatic rings. The molecule has 1 aromatic rings. The van der Waals surface area contributed by atoms with Gasteiger partial charge in [0.1, 0.15) is 0 Å². The first-order valence-electron chi connectivity index (χ1n) is 5.39. The number of nitrogens with two attached hydrogens (primary N) is 1. The predicted molar refractivity (Wildman–Crippen MR) is 71.3 cm³/mol. The van der Waals surface area contributed by atoms with Crippen molar-refractivity contribution in [2.75, 3.05) is 32.0 Å². The number of hydrogen-bond donors (Lipinski definition) is 2. The van der Waals surface area contributed by atoms with Gasteiger partial charge in [0.25, 0.3) is 10.0 Å². The molecule has 18 heavy (non-hydrogen) atoms. The highest BCUT2D eigenvalue weighted by Crippen LogP contribution is 2.23. The van der Waals surface area contributed by atoms with Crippen LogP contribution in [0.2, 0.25) is 0 Å². The SMILES string of the molecule is Nc1ccc(S(=O)(=O)NN2CCOCC2)cc1Br. The van der Waals surface area contributed by atoms with Crippen molar-refractivity contribution in [3.05, 3.63) is 22.7 Å². The average molecular weight is 336 g/mol. The Bertz CT molecular complexity index is 529. The van der Waals surface area contributed by atoms with Gasteiger partial charge < -0.3 is 10.5 Å². The van der Waals surface area contributed by atoms with E-state index in [4.69, 9.17) is 10.5 Å². The molecule has 3 N–H and O–H groups in total. The molecule has 100 valence electrons. The van der Waals surface area contributed by atoms with Crippen molar-refractivity contribution in [2.24, 2.45) is 0 Å². The maximum atomic E-state index is 12.1. The summed E-state index contributed by atoms with van der Waals surface area (Å²) >= 11 is 3.21. The van der Waals surface area contributed by atoms with Gasteiger partial charge in [0, 0.05) is 23.2 Å². The number of nitrogens with one attached hydrogen (secondary N) is 1. The second kappa shape index (κ2) is 5.54. The lowest BCUT2D eigenvalue weighted by Crippen LogP contribution is -2.48. The fourth-order valence-electron chi connectivity index (χ4n) is 1.55. The second-order valence-electron chi connectivity index (χ2n) is 3.88. The van der Waals surface area contributed by atoms with E-state index >= 15 is 0 Å². The molecule has 0 bridgehead atoms. The minimum absolute atomic E-state index is 0.176. The highest BCUT2D eigenvalue weighted by molar-refractivity contribution is 9.10. The normalized spacial score (nSPS) is 17.8. The Morgan fingerprint density at radius 1 is 1.33 bits per heavy atom. The Balaban J connectivity index is 2.16. The van der Waals surface area contributed by atoms with Crippen LogP contribution in [0.3, 0.4) is 0 Å². The Kier molecular flexibility index (Phi) is 4.23. The van der Waals surface area contributed by atoms with Crippen LogP contribution in [0.25, 0.3) is 0 Å². The molecule has 0 saturated carbocycles. The summed E-state index contributed by atoms with van der Waals surface area (Å²) in [5.41, 5.74) is 6.13. The number of nitrogen functional groups attached to an aromatic ring is 1. The van der Waals surface area contributed by atoms with E-state index in [2.05, 4.69) is 20.8 Å². The zero-order valence-electron chi connectivity index (χ0n) is 9.60. The van der Waals surface area contributed by atoms with Gasteiger partial charge in [0.15, 0.2) is 0 Å². The highest BCUT2D eigenvalue weighted by atomic mass is 79.9. The minimum Gasteiger partial charge on any atom is -0.398 e. The summed E-state index contributed by atoms with van der Waals surface area (Å²) in [6, 6.07) is 4.51. The van der Waals surface area contributed by atoms with Crippen LogP contribution >= 0.6 is 15.9 Å². The molecular formula is C10H14BrN3O3S. The molecule has 6 nitrogen and oxygen atoms in total. The van der Waals surface area contributed by atoms with Crippen molar-refractivity contribution in [3.8, 4) is 0 Å². The Morgan fingerprint density at radius 2 is 2.00 bits per heavy atom. The summed E-state index contributed by atoms with van der Waals surface area (Å²) in [5, 5.41) is 1.63. The third kappa shape index (κ3) is 3.21. The van der Waals surface area contributed by atoms with E-state index in [0.29, 0.717) is 36.5 Å². The maximum Gasteiger partial charge on any atom is 0.253 e. The van der Waals surface area contributed by atoms with Gasteiger partial charge in [0.2, 0.25) is 0 Å². The largest absolute Gasteiger partial charge is 0.398 e. The monoisotopic (exact) mass is 335 g/mol. The minimum atomic E-state index is -3.56. The fraction of sp³-hybridized carbons (Fsp3) is 0.400. The van der Waals surface area contributed by atoms with Crippen LogP contribution in [0.4, 0.5) is 5.69 Å². The first-order valence-corrected chi connectivity index (χ1v) is 7.67. The molecule has 0 aliphatic carbocycles. The third-order valence-corrected chi connectivity index (χ3v) is 4.60. The molecule has 0 aromatic heterocycles. The van der Waals surface area contributed by atoms with E-state index in [1.54, 1.807) is 11.1 Å². The van der Waals surface area contributed by atoms with Gasteiger partial charge in [-0.3, -0.25) is 0 Å². The summed E-state index contributed by atoms with van der Waals surface area (Å²) in [6.07, 6.45) is 0. The molecule has 1 aromatic carbocycles. The van der Waals surface area contributed by atoms with E-state index in [1.165, 1.54) is 12.1 Å². The summed E-state index contributed by atoms with van der Waals surface area (Å²) in [5.74, 6) is 0. The number of ether oxygens (including phenoxy) is 1. The zero-order valence-corrected chi connectivity index (χ0v) is 12.0. The van der Waals surface area contributed by atoms with Crippen LogP contribution in [-0.4, -0.2) is 39.7 Å². The first kappa shape index (κ1) is 13.8. The van der Waals surface area contributed by atoms with E-state index in [1.807, 2.05) is 0 Å². The number of morpholine rings is 1. The van der Waals surface area contributed by atoms with Gasteiger partial charge in [-0.15, -0.1) is 4.83 Å². The molecule has 8 heteroatoms. The van der Waals surface area contributed by atoms with Crippen molar-refractivity contribution in [1.82, 2.24) is 9.84 Å². The van der Waals surface area contributed by atoms with Gasteiger partial charge in [-0.25, -0.2) is 13.4 Å². The van der Waals surface area contributed by atoms with Crippen molar-refractivity contribution in [1.29, 1.82) is 0 Å². The fourth-order valence-corrected chi connectivity index (χ4v) is 3.23. The molecule has 0 spiro atoms. The Hall–Kier alpha value is -0.670. The van der Waals surface area contributed by atoms with Gasteiger partial charge >= 0.3 is 0 Å². The molecule has 1 heterocycles. The molecule has 1 aliphatic heterocycles.